The van der Waals surface area contributed by atoms with Crippen LogP contribution < -0.4 is 16.4 Å². The Bertz CT molecular complexity index is 329. The molecule has 0 rings (SSSR count). The van der Waals surface area contributed by atoms with Crippen LogP contribution >= 0.6 is 0 Å². The van der Waals surface area contributed by atoms with Gasteiger partial charge < -0.3 is 26.6 Å². The largest absolute Gasteiger partial charge is 0.481 e. The molecule has 0 aliphatic rings. The zero-order chi connectivity index (χ0) is 13.4. The number of amides is 3. The van der Waals surface area contributed by atoms with E-state index in [-0.39, 0.29) is 12.8 Å². The summed E-state index contributed by atoms with van der Waals surface area (Å²) in [4.78, 5) is 42.4. The normalized spacial score (nSPS) is 11.3. The highest BCUT2D eigenvalue weighted by Gasteiger charge is 2.21. The molecule has 17 heavy (non-hydrogen) atoms. The highest BCUT2D eigenvalue weighted by molar-refractivity contribution is 5.89. The molecule has 0 aliphatic heterocycles. The van der Waals surface area contributed by atoms with E-state index in [2.05, 4.69) is 5.32 Å². The first-order chi connectivity index (χ1) is 7.82. The fraction of sp³-hybridized carbons (Fsp3) is 0.500. The number of carboxylic acids is 1. The molecule has 0 aromatic heterocycles. The summed E-state index contributed by atoms with van der Waals surface area (Å²) in [6.07, 6.45) is -2.06. The first-order valence-electron chi connectivity index (χ1n) is 4.60. The van der Waals surface area contributed by atoms with Gasteiger partial charge in [-0.25, -0.2) is 4.79 Å². The molecule has 6 N–H and O–H groups in total. The van der Waals surface area contributed by atoms with Gasteiger partial charge in [0.25, 0.3) is 0 Å². The molecule has 0 saturated heterocycles. The minimum absolute atomic E-state index is 0.216. The Kier molecular flexibility index (Phi) is 6.08. The smallest absolute Gasteiger partial charge is 0.405 e. The van der Waals surface area contributed by atoms with Gasteiger partial charge in [-0.15, -0.1) is 0 Å². The molecule has 0 aromatic carbocycles. The summed E-state index contributed by atoms with van der Waals surface area (Å²) in [6.45, 7) is -0.441. The van der Waals surface area contributed by atoms with Crippen molar-refractivity contribution >= 4 is 23.9 Å². The number of nitrogens with one attached hydrogen (secondary N) is 2. The van der Waals surface area contributed by atoms with Crippen molar-refractivity contribution in [2.75, 3.05) is 6.54 Å². The molecule has 1 atom stereocenters. The van der Waals surface area contributed by atoms with E-state index in [1.54, 1.807) is 0 Å². The van der Waals surface area contributed by atoms with Crippen LogP contribution in [-0.4, -0.2) is 46.7 Å². The lowest BCUT2D eigenvalue weighted by atomic mass is 10.1. The molecule has 9 heteroatoms. The highest BCUT2D eigenvalue weighted by Crippen LogP contribution is 1.98. The molecule has 0 aromatic rings. The number of aliphatic carboxylic acids is 1. The van der Waals surface area contributed by atoms with Crippen molar-refractivity contribution in [3.05, 3.63) is 0 Å². The molecule has 0 radical (unpaired) electrons. The van der Waals surface area contributed by atoms with Crippen molar-refractivity contribution < 1.29 is 29.4 Å². The van der Waals surface area contributed by atoms with Gasteiger partial charge in [0.15, 0.2) is 0 Å². The van der Waals surface area contributed by atoms with Crippen LogP contribution in [0.1, 0.15) is 12.8 Å². The monoisotopic (exact) mass is 247 g/mol. The van der Waals surface area contributed by atoms with E-state index in [1.165, 1.54) is 0 Å². The zero-order valence-corrected chi connectivity index (χ0v) is 8.80. The predicted octanol–water partition coefficient (Wildman–Crippen LogP) is -1.91. The maximum Gasteiger partial charge on any atom is 0.405 e. The summed E-state index contributed by atoms with van der Waals surface area (Å²) in [5, 5.41) is 20.8. The Labute approximate surface area is 96.0 Å². The third kappa shape index (κ3) is 7.59. The first-order valence-corrected chi connectivity index (χ1v) is 4.60. The van der Waals surface area contributed by atoms with Crippen LogP contribution in [0.2, 0.25) is 0 Å². The van der Waals surface area contributed by atoms with Crippen LogP contribution in [-0.2, 0) is 14.4 Å². The van der Waals surface area contributed by atoms with Crippen molar-refractivity contribution in [3.63, 3.8) is 0 Å². The van der Waals surface area contributed by atoms with Crippen molar-refractivity contribution in [3.8, 4) is 0 Å². The SMILES string of the molecule is NC(=O)CNC(=O)[C@H](CCC(=O)O)NC(=O)O. The molecule has 0 saturated carbocycles. The topological polar surface area (TPSA) is 159 Å². The van der Waals surface area contributed by atoms with Crippen molar-refractivity contribution in [2.45, 2.75) is 18.9 Å². The van der Waals surface area contributed by atoms with E-state index in [1.807, 2.05) is 5.32 Å². The second-order valence-corrected chi connectivity index (χ2v) is 3.12. The second kappa shape index (κ2) is 7.04. The number of nitrogens with two attached hydrogens (primary N) is 1. The van der Waals surface area contributed by atoms with Gasteiger partial charge in [0.1, 0.15) is 6.04 Å². The number of carboxylic acid groups (broad SMARTS) is 2. The van der Waals surface area contributed by atoms with Crippen LogP contribution in [0.4, 0.5) is 4.79 Å². The minimum Gasteiger partial charge on any atom is -0.481 e. The van der Waals surface area contributed by atoms with E-state index < -0.39 is 36.5 Å². The summed E-state index contributed by atoms with van der Waals surface area (Å²) >= 11 is 0. The van der Waals surface area contributed by atoms with Crippen molar-refractivity contribution in [1.82, 2.24) is 10.6 Å². The van der Waals surface area contributed by atoms with E-state index >= 15 is 0 Å². The van der Waals surface area contributed by atoms with Gasteiger partial charge in [0.2, 0.25) is 11.8 Å². The molecule has 96 valence electrons. The van der Waals surface area contributed by atoms with Crippen LogP contribution in [0.15, 0.2) is 0 Å². The summed E-state index contributed by atoms with van der Waals surface area (Å²) in [6, 6.07) is -1.23. The number of carbonyl (C=O) groups is 4. The lowest BCUT2D eigenvalue weighted by molar-refractivity contribution is -0.137. The van der Waals surface area contributed by atoms with Crippen LogP contribution in [0, 0.1) is 0 Å². The van der Waals surface area contributed by atoms with E-state index in [0.717, 1.165) is 0 Å². The van der Waals surface area contributed by atoms with Gasteiger partial charge in [-0.3, -0.25) is 14.4 Å². The Hall–Kier alpha value is -2.32. The highest BCUT2D eigenvalue weighted by atomic mass is 16.4. The average molecular weight is 247 g/mol. The predicted molar refractivity (Wildman–Crippen MR) is 54.0 cm³/mol. The Morgan fingerprint density at radius 3 is 2.18 bits per heavy atom. The van der Waals surface area contributed by atoms with E-state index in [0.29, 0.717) is 0 Å². The second-order valence-electron chi connectivity index (χ2n) is 3.12. The molecule has 0 unspecified atom stereocenters. The molecule has 0 fully saturated rings. The number of carbonyl (C=O) groups excluding carboxylic acids is 2. The van der Waals surface area contributed by atoms with Gasteiger partial charge in [-0.05, 0) is 6.42 Å². The third-order valence-corrected chi connectivity index (χ3v) is 1.70. The van der Waals surface area contributed by atoms with E-state index in [9.17, 15) is 19.2 Å². The number of hydrogen-bond acceptors (Lipinski definition) is 4. The number of rotatable bonds is 7. The molecule has 3 amide bonds. The average Bonchev–Trinajstić information content (AvgIpc) is 2.19. The van der Waals surface area contributed by atoms with Crippen LogP contribution in [0.3, 0.4) is 0 Å². The summed E-state index contributed by atoms with van der Waals surface area (Å²) in [5.74, 6) is -2.75. The molecular formula is C8H13N3O6. The molecule has 0 heterocycles. The van der Waals surface area contributed by atoms with Crippen LogP contribution in [0.25, 0.3) is 0 Å². The maximum absolute atomic E-state index is 11.4. The quantitative estimate of drug-likeness (QED) is 0.353. The summed E-state index contributed by atoms with van der Waals surface area (Å²) in [7, 11) is 0. The van der Waals surface area contributed by atoms with Crippen molar-refractivity contribution in [1.29, 1.82) is 0 Å². The standard InChI is InChI=1S/C8H13N3O6/c9-5(12)3-10-7(15)4(11-8(16)17)1-2-6(13)14/h4,11H,1-3H2,(H2,9,12)(H,10,15)(H,13,14)(H,16,17)/t4-/m0/s1. The fourth-order valence-corrected chi connectivity index (χ4v) is 0.983. The summed E-state index contributed by atoms with van der Waals surface area (Å²) < 4.78 is 0. The molecule has 0 aliphatic carbocycles. The first kappa shape index (κ1) is 14.7. The Morgan fingerprint density at radius 2 is 1.76 bits per heavy atom. The molecular weight excluding hydrogens is 234 g/mol. The molecule has 9 nitrogen and oxygen atoms in total. The van der Waals surface area contributed by atoms with Gasteiger partial charge in [-0.2, -0.15) is 0 Å². The Morgan fingerprint density at radius 1 is 1.18 bits per heavy atom. The number of hydrogen-bond donors (Lipinski definition) is 5. The molecule has 0 bridgehead atoms. The maximum atomic E-state index is 11.4. The van der Waals surface area contributed by atoms with Crippen molar-refractivity contribution in [2.24, 2.45) is 5.73 Å². The summed E-state index contributed by atoms with van der Waals surface area (Å²) in [5.41, 5.74) is 4.78. The minimum atomic E-state index is -1.46. The lowest BCUT2D eigenvalue weighted by Gasteiger charge is -2.15. The van der Waals surface area contributed by atoms with Gasteiger partial charge in [-0.1, -0.05) is 0 Å². The van der Waals surface area contributed by atoms with Crippen LogP contribution in [0.5, 0.6) is 0 Å². The van der Waals surface area contributed by atoms with Gasteiger partial charge in [0, 0.05) is 6.42 Å². The number of primary amides is 1. The third-order valence-electron chi connectivity index (χ3n) is 1.70. The van der Waals surface area contributed by atoms with Gasteiger partial charge in [0.05, 0.1) is 6.54 Å². The van der Waals surface area contributed by atoms with E-state index in [4.69, 9.17) is 15.9 Å². The zero-order valence-electron chi connectivity index (χ0n) is 8.80. The lowest BCUT2D eigenvalue weighted by Crippen LogP contribution is -2.48. The molecule has 0 spiro atoms. The Balaban J connectivity index is 4.33. The van der Waals surface area contributed by atoms with Gasteiger partial charge >= 0.3 is 12.1 Å². The fourth-order valence-electron chi connectivity index (χ4n) is 0.983.